The summed E-state index contributed by atoms with van der Waals surface area (Å²) in [5.74, 6) is 0.614. The molecule has 0 saturated heterocycles. The van der Waals surface area contributed by atoms with Crippen LogP contribution in [0.15, 0.2) is 0 Å². The van der Waals surface area contributed by atoms with Gasteiger partial charge in [-0.15, -0.1) is 0 Å². The zero-order valence-corrected chi connectivity index (χ0v) is 13.1. The van der Waals surface area contributed by atoms with Crippen LogP contribution in [-0.4, -0.2) is 18.5 Å². The molecule has 98 valence electrons. The molecule has 0 rings (SSSR count). The predicted octanol–water partition coefficient (Wildman–Crippen LogP) is 5.03. The molecule has 1 unspecified atom stereocenters. The van der Waals surface area contributed by atoms with Crippen LogP contribution >= 0.6 is 15.9 Å². The lowest BCUT2D eigenvalue weighted by atomic mass is 9.83. The molecule has 0 aromatic carbocycles. The predicted molar refractivity (Wildman–Crippen MR) is 76.3 cm³/mol. The van der Waals surface area contributed by atoms with Gasteiger partial charge in [0, 0.05) is 11.9 Å². The van der Waals surface area contributed by atoms with Crippen molar-refractivity contribution in [3.05, 3.63) is 0 Å². The van der Waals surface area contributed by atoms with Gasteiger partial charge in [0.15, 0.2) is 0 Å². The number of halogens is 1. The highest BCUT2D eigenvalue weighted by molar-refractivity contribution is 9.09. The molecular formula is C14H29BrO. The molecule has 0 spiro atoms. The first-order chi connectivity index (χ1) is 7.52. The van der Waals surface area contributed by atoms with E-state index in [0.717, 1.165) is 18.5 Å². The van der Waals surface area contributed by atoms with Gasteiger partial charge in [0.25, 0.3) is 0 Å². The van der Waals surface area contributed by atoms with Gasteiger partial charge < -0.3 is 4.74 Å². The number of alkyl halides is 1. The summed E-state index contributed by atoms with van der Waals surface area (Å²) < 4.78 is 5.76. The van der Waals surface area contributed by atoms with E-state index >= 15 is 0 Å². The summed E-state index contributed by atoms with van der Waals surface area (Å²) in [7, 11) is 0. The Balaban J connectivity index is 3.42. The van der Waals surface area contributed by atoms with Gasteiger partial charge in [0.1, 0.15) is 0 Å². The smallest absolute Gasteiger partial charge is 0.0507 e. The largest absolute Gasteiger partial charge is 0.381 e. The Hall–Kier alpha value is 0.440. The summed E-state index contributed by atoms with van der Waals surface area (Å²) in [4.78, 5) is 0. The van der Waals surface area contributed by atoms with Gasteiger partial charge in [-0.3, -0.25) is 0 Å². The zero-order chi connectivity index (χ0) is 12.4. The third-order valence-electron chi connectivity index (χ3n) is 3.12. The molecule has 0 bridgehead atoms. The Morgan fingerprint density at radius 2 is 1.69 bits per heavy atom. The van der Waals surface area contributed by atoms with Crippen molar-refractivity contribution < 1.29 is 4.74 Å². The molecule has 1 nitrogen and oxygen atoms in total. The molecule has 0 aliphatic heterocycles. The lowest BCUT2D eigenvalue weighted by molar-refractivity contribution is 0.0643. The Morgan fingerprint density at radius 3 is 2.19 bits per heavy atom. The summed E-state index contributed by atoms with van der Waals surface area (Å²) >= 11 is 3.58. The second kappa shape index (κ2) is 9.47. The summed E-state index contributed by atoms with van der Waals surface area (Å²) in [6.07, 6.45) is 6.59. The lowest BCUT2D eigenvalue weighted by Crippen LogP contribution is -2.26. The van der Waals surface area contributed by atoms with Crippen LogP contribution < -0.4 is 0 Å². The van der Waals surface area contributed by atoms with E-state index in [-0.39, 0.29) is 0 Å². The van der Waals surface area contributed by atoms with Crippen LogP contribution in [0.4, 0.5) is 0 Å². The van der Waals surface area contributed by atoms with Crippen molar-refractivity contribution in [3.63, 3.8) is 0 Å². The minimum atomic E-state index is 0.339. The number of hydrogen-bond donors (Lipinski definition) is 0. The van der Waals surface area contributed by atoms with Crippen LogP contribution in [0.25, 0.3) is 0 Å². The van der Waals surface area contributed by atoms with E-state index in [1.807, 2.05) is 0 Å². The minimum Gasteiger partial charge on any atom is -0.381 e. The van der Waals surface area contributed by atoms with Gasteiger partial charge >= 0.3 is 0 Å². The van der Waals surface area contributed by atoms with E-state index in [0.29, 0.717) is 11.3 Å². The molecule has 0 amide bonds. The zero-order valence-electron chi connectivity index (χ0n) is 11.5. The number of unbranched alkanes of at least 4 members (excludes halogenated alkanes) is 4. The highest BCUT2D eigenvalue weighted by atomic mass is 79.9. The van der Waals surface area contributed by atoms with Crippen LogP contribution in [0.2, 0.25) is 0 Å². The van der Waals surface area contributed by atoms with Gasteiger partial charge in [-0.1, -0.05) is 69.3 Å². The lowest BCUT2D eigenvalue weighted by Gasteiger charge is -2.28. The summed E-state index contributed by atoms with van der Waals surface area (Å²) in [6.45, 7) is 10.9. The number of rotatable bonds is 9. The standard InChI is InChI=1S/C14H29BrO/c1-5-6-7-8-9-10-16-12-13(11-15)14(2,3)4/h13H,5-12H2,1-4H3. The molecule has 0 N–H and O–H groups in total. The van der Waals surface area contributed by atoms with Crippen molar-refractivity contribution in [3.8, 4) is 0 Å². The maximum absolute atomic E-state index is 5.76. The molecule has 0 aromatic heterocycles. The van der Waals surface area contributed by atoms with E-state index in [1.54, 1.807) is 0 Å². The van der Waals surface area contributed by atoms with Crippen LogP contribution in [-0.2, 0) is 4.74 Å². The van der Waals surface area contributed by atoms with Crippen molar-refractivity contribution >= 4 is 15.9 Å². The fourth-order valence-electron chi connectivity index (χ4n) is 1.56. The third-order valence-corrected chi connectivity index (χ3v) is 3.90. The summed E-state index contributed by atoms with van der Waals surface area (Å²) in [5, 5.41) is 1.03. The SMILES string of the molecule is CCCCCCCOCC(CBr)C(C)(C)C. The Kier molecular flexibility index (Phi) is 9.73. The monoisotopic (exact) mass is 292 g/mol. The van der Waals surface area contributed by atoms with Crippen molar-refractivity contribution in [1.29, 1.82) is 0 Å². The molecule has 1 atom stereocenters. The highest BCUT2D eigenvalue weighted by Crippen LogP contribution is 2.27. The maximum atomic E-state index is 5.76. The van der Waals surface area contributed by atoms with E-state index in [9.17, 15) is 0 Å². The fourth-order valence-corrected chi connectivity index (χ4v) is 2.72. The van der Waals surface area contributed by atoms with E-state index in [4.69, 9.17) is 4.74 Å². The highest BCUT2D eigenvalue weighted by Gasteiger charge is 2.23. The van der Waals surface area contributed by atoms with Gasteiger partial charge in [0.2, 0.25) is 0 Å². The molecule has 0 saturated carbocycles. The fraction of sp³-hybridized carbons (Fsp3) is 1.00. The summed E-state index contributed by atoms with van der Waals surface area (Å²) in [6, 6.07) is 0. The molecule has 0 heterocycles. The number of hydrogen-bond acceptors (Lipinski definition) is 1. The van der Waals surface area contributed by atoms with E-state index in [2.05, 4.69) is 43.6 Å². The Labute approximate surface area is 110 Å². The molecule has 0 fully saturated rings. The molecule has 0 aliphatic carbocycles. The van der Waals surface area contributed by atoms with Crippen LogP contribution in [0.3, 0.4) is 0 Å². The van der Waals surface area contributed by atoms with Crippen LogP contribution in [0, 0.1) is 11.3 Å². The Bertz CT molecular complexity index is 151. The van der Waals surface area contributed by atoms with Crippen molar-refractivity contribution in [2.75, 3.05) is 18.5 Å². The second-order valence-corrected chi connectivity index (χ2v) is 6.35. The molecule has 0 aliphatic rings. The van der Waals surface area contributed by atoms with Crippen molar-refractivity contribution in [2.45, 2.75) is 59.8 Å². The molecule has 2 heteroatoms. The van der Waals surface area contributed by atoms with Gasteiger partial charge in [0.05, 0.1) is 6.61 Å². The van der Waals surface area contributed by atoms with E-state index < -0.39 is 0 Å². The van der Waals surface area contributed by atoms with Crippen LogP contribution in [0.5, 0.6) is 0 Å². The normalized spacial score (nSPS) is 14.1. The van der Waals surface area contributed by atoms with Crippen molar-refractivity contribution in [1.82, 2.24) is 0 Å². The molecule has 0 radical (unpaired) electrons. The van der Waals surface area contributed by atoms with Gasteiger partial charge in [-0.2, -0.15) is 0 Å². The summed E-state index contributed by atoms with van der Waals surface area (Å²) in [5.41, 5.74) is 0.339. The molecular weight excluding hydrogens is 264 g/mol. The molecule has 0 aromatic rings. The molecule has 16 heavy (non-hydrogen) atoms. The quantitative estimate of drug-likeness (QED) is 0.428. The first-order valence-electron chi connectivity index (χ1n) is 6.66. The Morgan fingerprint density at radius 1 is 1.06 bits per heavy atom. The number of ether oxygens (including phenoxy) is 1. The van der Waals surface area contributed by atoms with E-state index in [1.165, 1.54) is 32.1 Å². The van der Waals surface area contributed by atoms with Crippen molar-refractivity contribution in [2.24, 2.45) is 11.3 Å². The minimum absolute atomic E-state index is 0.339. The first kappa shape index (κ1) is 16.4. The van der Waals surface area contributed by atoms with Gasteiger partial charge in [-0.05, 0) is 17.8 Å². The topological polar surface area (TPSA) is 9.23 Å². The third kappa shape index (κ3) is 8.58. The maximum Gasteiger partial charge on any atom is 0.0507 e. The van der Waals surface area contributed by atoms with Crippen LogP contribution in [0.1, 0.15) is 59.8 Å². The van der Waals surface area contributed by atoms with Gasteiger partial charge in [-0.25, -0.2) is 0 Å². The second-order valence-electron chi connectivity index (χ2n) is 5.71. The first-order valence-corrected chi connectivity index (χ1v) is 7.78. The average Bonchev–Trinajstić information content (AvgIpc) is 2.20. The average molecular weight is 293 g/mol.